The van der Waals surface area contributed by atoms with Gasteiger partial charge in [0.2, 0.25) is 5.91 Å². The molecule has 1 unspecified atom stereocenters. The molecule has 1 amide bonds. The summed E-state index contributed by atoms with van der Waals surface area (Å²) in [6.45, 7) is 2.38. The van der Waals surface area contributed by atoms with Crippen LogP contribution in [-0.4, -0.2) is 29.3 Å². The molecule has 0 aromatic heterocycles. The molecule has 1 aromatic carbocycles. The Labute approximate surface area is 163 Å². The highest BCUT2D eigenvalue weighted by Crippen LogP contribution is 2.36. The van der Waals surface area contributed by atoms with Crippen molar-refractivity contribution in [1.29, 1.82) is 5.26 Å². The van der Waals surface area contributed by atoms with Crippen molar-refractivity contribution in [3.05, 3.63) is 34.3 Å². The third-order valence-corrected chi connectivity index (χ3v) is 4.76. The molecule has 0 bridgehead atoms. The summed E-state index contributed by atoms with van der Waals surface area (Å²) in [6.07, 6.45) is -4.31. The number of nitrogens with zero attached hydrogens (tertiary/aromatic N) is 1. The molecular formula is C18H20BrF4N3O. The van der Waals surface area contributed by atoms with Crippen LogP contribution in [0.1, 0.15) is 44.7 Å². The van der Waals surface area contributed by atoms with E-state index in [1.165, 1.54) is 38.1 Å². The van der Waals surface area contributed by atoms with E-state index in [-0.39, 0.29) is 5.56 Å². The molecule has 0 saturated heterocycles. The molecule has 9 heteroatoms. The molecule has 1 saturated carbocycles. The lowest BCUT2D eigenvalue weighted by atomic mass is 9.97. The number of amides is 1. The lowest BCUT2D eigenvalue weighted by Gasteiger charge is -2.30. The lowest BCUT2D eigenvalue weighted by molar-refractivity contribution is -0.161. The first-order valence-electron chi connectivity index (χ1n) is 8.36. The van der Waals surface area contributed by atoms with Crippen LogP contribution >= 0.6 is 15.9 Å². The van der Waals surface area contributed by atoms with Crippen molar-refractivity contribution in [1.82, 2.24) is 10.6 Å². The van der Waals surface area contributed by atoms with E-state index in [0.29, 0.717) is 17.3 Å². The Kier molecular flexibility index (Phi) is 6.22. The van der Waals surface area contributed by atoms with Crippen molar-refractivity contribution < 1.29 is 22.4 Å². The van der Waals surface area contributed by atoms with Crippen molar-refractivity contribution in [2.75, 3.05) is 0 Å². The number of carbonyl (C=O) groups is 1. The highest BCUT2D eigenvalue weighted by Gasteiger charge is 2.48. The second-order valence-corrected chi connectivity index (χ2v) is 8.27. The van der Waals surface area contributed by atoms with Gasteiger partial charge in [-0.2, -0.15) is 18.4 Å². The van der Waals surface area contributed by atoms with Crippen molar-refractivity contribution in [3.63, 3.8) is 0 Å². The van der Waals surface area contributed by atoms with E-state index in [0.717, 1.165) is 0 Å². The highest BCUT2D eigenvalue weighted by atomic mass is 79.9. The van der Waals surface area contributed by atoms with Gasteiger partial charge >= 0.3 is 6.18 Å². The number of rotatable bonds is 7. The van der Waals surface area contributed by atoms with Crippen molar-refractivity contribution in [3.8, 4) is 6.07 Å². The third-order valence-electron chi connectivity index (χ3n) is 4.23. The van der Waals surface area contributed by atoms with Crippen LogP contribution < -0.4 is 10.6 Å². The summed E-state index contributed by atoms with van der Waals surface area (Å²) in [4.78, 5) is 12.5. The van der Waals surface area contributed by atoms with Gasteiger partial charge in [0.15, 0.2) is 0 Å². The summed E-state index contributed by atoms with van der Waals surface area (Å²) in [5, 5.41) is 13.8. The van der Waals surface area contributed by atoms with Crippen LogP contribution in [0.3, 0.4) is 0 Å². The second kappa shape index (κ2) is 7.76. The van der Waals surface area contributed by atoms with Gasteiger partial charge < -0.3 is 5.32 Å². The molecule has 2 rings (SSSR count). The fourth-order valence-corrected chi connectivity index (χ4v) is 2.93. The van der Waals surface area contributed by atoms with Crippen LogP contribution in [0.2, 0.25) is 0 Å². The molecule has 1 fully saturated rings. The van der Waals surface area contributed by atoms with Gasteiger partial charge in [0.25, 0.3) is 0 Å². The predicted molar refractivity (Wildman–Crippen MR) is 95.4 cm³/mol. The van der Waals surface area contributed by atoms with Crippen molar-refractivity contribution in [2.45, 2.75) is 62.6 Å². The molecule has 4 nitrogen and oxygen atoms in total. The normalized spacial score (nSPS) is 18.3. The number of nitrogens with one attached hydrogen (secondary N) is 2. The quantitative estimate of drug-likeness (QED) is 0.609. The number of carbonyl (C=O) groups excluding carboxylic acids is 1. The van der Waals surface area contributed by atoms with Crippen LogP contribution in [0.15, 0.2) is 28.7 Å². The Hall–Kier alpha value is -1.66. The summed E-state index contributed by atoms with van der Waals surface area (Å²) < 4.78 is 55.6. The predicted octanol–water partition coefficient (Wildman–Crippen LogP) is 4.32. The summed E-state index contributed by atoms with van der Waals surface area (Å²) in [7, 11) is 0. The molecule has 0 radical (unpaired) electrons. The molecular weight excluding hydrogens is 430 g/mol. The fourth-order valence-electron chi connectivity index (χ4n) is 2.66. The minimum absolute atomic E-state index is 0.0958. The standard InChI is InChI=1S/C18H20BrF4N3O/c1-16(2,20)9-13(15(27)26-17(10-24)7-8-17)25-14(18(21,22)23)11-3-5-12(19)6-4-11/h3-6,13-14,25H,7-9H2,1-2H3,(H,26,27)/t13-,14?/m0/s1. The summed E-state index contributed by atoms with van der Waals surface area (Å²) in [5.74, 6) is -0.814. The van der Waals surface area contributed by atoms with Gasteiger partial charge in [0.05, 0.1) is 12.1 Å². The zero-order chi connectivity index (χ0) is 20.5. The average Bonchev–Trinajstić information content (AvgIpc) is 3.30. The van der Waals surface area contributed by atoms with Gasteiger partial charge in [-0.3, -0.25) is 10.1 Å². The number of hydrogen-bond donors (Lipinski definition) is 2. The number of benzene rings is 1. The van der Waals surface area contributed by atoms with E-state index < -0.39 is 41.8 Å². The zero-order valence-electron chi connectivity index (χ0n) is 14.8. The minimum atomic E-state index is -4.70. The number of nitriles is 1. The van der Waals surface area contributed by atoms with Crippen LogP contribution in [0.5, 0.6) is 0 Å². The smallest absolute Gasteiger partial charge is 0.336 e. The SMILES string of the molecule is CC(C)(F)C[C@H](NC(c1ccc(Br)cc1)C(F)(F)F)C(=O)NC1(C#N)CC1. The van der Waals surface area contributed by atoms with E-state index in [2.05, 4.69) is 26.6 Å². The Morgan fingerprint density at radius 1 is 1.26 bits per heavy atom. The van der Waals surface area contributed by atoms with Gasteiger partial charge in [-0.15, -0.1) is 0 Å². The van der Waals surface area contributed by atoms with Crippen LogP contribution in [0.4, 0.5) is 17.6 Å². The maximum absolute atomic E-state index is 14.2. The first kappa shape index (κ1) is 21.6. The van der Waals surface area contributed by atoms with Crippen LogP contribution in [-0.2, 0) is 4.79 Å². The second-order valence-electron chi connectivity index (χ2n) is 7.35. The molecule has 27 heavy (non-hydrogen) atoms. The van der Waals surface area contributed by atoms with E-state index >= 15 is 0 Å². The van der Waals surface area contributed by atoms with Gasteiger partial charge in [0, 0.05) is 10.9 Å². The maximum Gasteiger partial charge on any atom is 0.407 e. The topological polar surface area (TPSA) is 64.9 Å². The van der Waals surface area contributed by atoms with Gasteiger partial charge in [-0.1, -0.05) is 28.1 Å². The first-order chi connectivity index (χ1) is 12.4. The Bertz CT molecular complexity index is 718. The lowest BCUT2D eigenvalue weighted by Crippen LogP contribution is -2.53. The molecule has 1 aromatic rings. The Morgan fingerprint density at radius 2 is 1.81 bits per heavy atom. The number of halogens is 5. The van der Waals surface area contributed by atoms with E-state index in [1.807, 2.05) is 6.07 Å². The van der Waals surface area contributed by atoms with Crippen molar-refractivity contribution >= 4 is 21.8 Å². The number of hydrogen-bond acceptors (Lipinski definition) is 3. The van der Waals surface area contributed by atoms with Crippen LogP contribution in [0, 0.1) is 11.3 Å². The maximum atomic E-state index is 14.2. The molecule has 2 N–H and O–H groups in total. The van der Waals surface area contributed by atoms with Gasteiger partial charge in [-0.25, -0.2) is 4.39 Å². The van der Waals surface area contributed by atoms with Crippen molar-refractivity contribution in [2.24, 2.45) is 0 Å². The van der Waals surface area contributed by atoms with E-state index in [4.69, 9.17) is 5.26 Å². The van der Waals surface area contributed by atoms with E-state index in [1.54, 1.807) is 0 Å². The fraction of sp³-hybridized carbons (Fsp3) is 0.556. The van der Waals surface area contributed by atoms with E-state index in [9.17, 15) is 22.4 Å². The molecule has 1 aliphatic rings. The summed E-state index contributed by atoms with van der Waals surface area (Å²) in [6, 6.07) is 3.81. The molecule has 1 aliphatic carbocycles. The van der Waals surface area contributed by atoms with Crippen LogP contribution in [0.25, 0.3) is 0 Å². The Balaban J connectivity index is 2.28. The molecule has 0 aliphatic heterocycles. The zero-order valence-corrected chi connectivity index (χ0v) is 16.4. The minimum Gasteiger partial charge on any atom is -0.336 e. The summed E-state index contributed by atoms with van der Waals surface area (Å²) >= 11 is 3.16. The average molecular weight is 450 g/mol. The first-order valence-corrected chi connectivity index (χ1v) is 9.15. The molecule has 2 atom stereocenters. The molecule has 0 heterocycles. The number of alkyl halides is 4. The largest absolute Gasteiger partial charge is 0.407 e. The molecule has 0 spiro atoms. The highest BCUT2D eigenvalue weighted by molar-refractivity contribution is 9.10. The summed E-state index contributed by atoms with van der Waals surface area (Å²) in [5.41, 5.74) is -3.03. The third kappa shape index (κ3) is 6.18. The monoisotopic (exact) mass is 449 g/mol. The van der Waals surface area contributed by atoms with Gasteiger partial charge in [0.1, 0.15) is 17.2 Å². The van der Waals surface area contributed by atoms with Gasteiger partial charge in [-0.05, 0) is 44.4 Å². The Morgan fingerprint density at radius 3 is 2.22 bits per heavy atom. The molecule has 148 valence electrons.